The third kappa shape index (κ3) is 5.09. The lowest BCUT2D eigenvalue weighted by Crippen LogP contribution is -2.42. The number of piperidine rings is 2. The summed E-state index contributed by atoms with van der Waals surface area (Å²) in [5, 5.41) is 0. The van der Waals surface area contributed by atoms with E-state index in [0.717, 1.165) is 5.92 Å². The molecule has 2 aliphatic heterocycles. The van der Waals surface area contributed by atoms with E-state index in [2.05, 4.69) is 28.6 Å². The molecule has 0 amide bonds. The highest BCUT2D eigenvalue weighted by atomic mass is 16.5. The van der Waals surface area contributed by atoms with Crippen LogP contribution in [0.5, 0.6) is 0 Å². The quantitative estimate of drug-likeness (QED) is 0.717. The molecule has 2 saturated heterocycles. The number of rotatable bonds is 5. The number of nitrogens with zero attached hydrogens (tertiary/aromatic N) is 2. The maximum Gasteiger partial charge on any atom is 0.108 e. The van der Waals surface area contributed by atoms with Crippen molar-refractivity contribution in [1.82, 2.24) is 9.80 Å². The van der Waals surface area contributed by atoms with Gasteiger partial charge in [0, 0.05) is 19.6 Å². The van der Waals surface area contributed by atoms with E-state index in [1.54, 1.807) is 0 Å². The van der Waals surface area contributed by atoms with Gasteiger partial charge in [-0.25, -0.2) is 0 Å². The van der Waals surface area contributed by atoms with Gasteiger partial charge in [-0.2, -0.15) is 0 Å². The number of ether oxygens (including phenoxy) is 1. The zero-order valence-electron chi connectivity index (χ0n) is 13.2. The summed E-state index contributed by atoms with van der Waals surface area (Å²) in [7, 11) is 0. The van der Waals surface area contributed by atoms with Crippen molar-refractivity contribution in [2.75, 3.05) is 45.9 Å². The van der Waals surface area contributed by atoms with Crippen molar-refractivity contribution in [3.05, 3.63) is 0 Å². The van der Waals surface area contributed by atoms with Crippen molar-refractivity contribution >= 4 is 0 Å². The molecule has 2 rings (SSSR count). The minimum Gasteiger partial charge on any atom is -0.365 e. The molecule has 0 saturated carbocycles. The van der Waals surface area contributed by atoms with Crippen molar-refractivity contribution < 1.29 is 4.74 Å². The molecule has 3 heteroatoms. The number of hydrogen-bond acceptors (Lipinski definition) is 3. The highest BCUT2D eigenvalue weighted by molar-refractivity contribution is 4.95. The Kier molecular flexibility index (Phi) is 6.86. The molecule has 0 aromatic heterocycles. The van der Waals surface area contributed by atoms with Crippen LogP contribution in [0.1, 0.15) is 39.5 Å². The predicted octanol–water partition coefficient (Wildman–Crippen LogP) is 2.22. The summed E-state index contributed by atoms with van der Waals surface area (Å²) in [5.41, 5.74) is 0. The minimum absolute atomic E-state index is 0.439. The Morgan fingerprint density at radius 1 is 1.00 bits per heavy atom. The molecule has 0 radical (unpaired) electrons. The highest BCUT2D eigenvalue weighted by Gasteiger charge is 2.24. The Hall–Kier alpha value is -0.560. The van der Waals surface area contributed by atoms with Crippen LogP contribution in [0.2, 0.25) is 0 Å². The predicted molar refractivity (Wildman–Crippen MR) is 83.7 cm³/mol. The van der Waals surface area contributed by atoms with Crippen LogP contribution >= 0.6 is 0 Å². The fourth-order valence-electron chi connectivity index (χ4n) is 3.34. The van der Waals surface area contributed by atoms with Crippen LogP contribution in [0.15, 0.2) is 0 Å². The zero-order chi connectivity index (χ0) is 14.2. The summed E-state index contributed by atoms with van der Waals surface area (Å²) in [4.78, 5) is 5.23. The van der Waals surface area contributed by atoms with Crippen molar-refractivity contribution in [3.63, 3.8) is 0 Å². The van der Waals surface area contributed by atoms with Crippen LogP contribution in [-0.2, 0) is 4.74 Å². The molecule has 0 unspecified atom stereocenters. The first-order valence-electron chi connectivity index (χ1n) is 8.27. The van der Waals surface area contributed by atoms with E-state index in [0.29, 0.717) is 12.7 Å². The largest absolute Gasteiger partial charge is 0.365 e. The first kappa shape index (κ1) is 15.8. The molecule has 0 aromatic rings. The molecule has 0 spiro atoms. The Morgan fingerprint density at radius 3 is 2.25 bits per heavy atom. The molecular weight excluding hydrogens is 248 g/mol. The molecule has 2 heterocycles. The summed E-state index contributed by atoms with van der Waals surface area (Å²) in [5.74, 6) is 6.80. The smallest absolute Gasteiger partial charge is 0.108 e. The summed E-state index contributed by atoms with van der Waals surface area (Å²) in [6.45, 7) is 12.3. The average Bonchev–Trinajstić information content (AvgIpc) is 2.50. The van der Waals surface area contributed by atoms with Gasteiger partial charge in [0.15, 0.2) is 0 Å². The summed E-state index contributed by atoms with van der Waals surface area (Å²) >= 11 is 0. The van der Waals surface area contributed by atoms with Crippen molar-refractivity contribution in [3.8, 4) is 11.8 Å². The Bertz CT molecular complexity index is 318. The molecule has 20 heavy (non-hydrogen) atoms. The minimum atomic E-state index is 0.439. The number of likely N-dealkylation sites (tertiary alicyclic amines) is 2. The van der Waals surface area contributed by atoms with Gasteiger partial charge < -0.3 is 14.5 Å². The standard InChI is InChI=1S/C17H30N2O/c1-3-5-14-20-17-8-12-19(13-9-17)15-16-6-10-18(4-2)11-7-16/h16-17H,4,6-15H2,1-2H3. The maximum absolute atomic E-state index is 5.78. The Labute approximate surface area is 124 Å². The lowest BCUT2D eigenvalue weighted by molar-refractivity contribution is 0.0178. The third-order valence-corrected chi connectivity index (χ3v) is 4.77. The highest BCUT2D eigenvalue weighted by Crippen LogP contribution is 2.21. The van der Waals surface area contributed by atoms with Gasteiger partial charge in [-0.3, -0.25) is 0 Å². The first-order valence-corrected chi connectivity index (χ1v) is 8.27. The lowest BCUT2D eigenvalue weighted by atomic mass is 9.95. The Balaban J connectivity index is 1.60. The zero-order valence-corrected chi connectivity index (χ0v) is 13.2. The SMILES string of the molecule is CC#CCOC1CCN(CC2CCN(CC)CC2)CC1. The van der Waals surface area contributed by atoms with Crippen LogP contribution in [0, 0.1) is 17.8 Å². The molecule has 0 aromatic carbocycles. The van der Waals surface area contributed by atoms with E-state index < -0.39 is 0 Å². The van der Waals surface area contributed by atoms with E-state index >= 15 is 0 Å². The first-order chi connectivity index (χ1) is 9.81. The summed E-state index contributed by atoms with van der Waals surface area (Å²) in [6.07, 6.45) is 5.57. The van der Waals surface area contributed by atoms with Crippen LogP contribution in [0.25, 0.3) is 0 Å². The van der Waals surface area contributed by atoms with Gasteiger partial charge in [-0.1, -0.05) is 12.8 Å². The van der Waals surface area contributed by atoms with E-state index in [9.17, 15) is 0 Å². The molecule has 3 nitrogen and oxygen atoms in total. The van der Waals surface area contributed by atoms with E-state index in [-0.39, 0.29) is 0 Å². The normalized spacial score (nSPS) is 23.5. The molecule has 0 N–H and O–H groups in total. The van der Waals surface area contributed by atoms with Gasteiger partial charge in [0.05, 0.1) is 6.10 Å². The second-order valence-electron chi connectivity index (χ2n) is 6.12. The molecule has 0 aliphatic carbocycles. The topological polar surface area (TPSA) is 15.7 Å². The Morgan fingerprint density at radius 2 is 1.65 bits per heavy atom. The van der Waals surface area contributed by atoms with Crippen LogP contribution in [0.3, 0.4) is 0 Å². The second kappa shape index (κ2) is 8.67. The fraction of sp³-hybridized carbons (Fsp3) is 0.882. The van der Waals surface area contributed by atoms with Crippen LogP contribution in [-0.4, -0.2) is 61.8 Å². The second-order valence-corrected chi connectivity index (χ2v) is 6.12. The molecule has 0 atom stereocenters. The van der Waals surface area contributed by atoms with Gasteiger partial charge >= 0.3 is 0 Å². The van der Waals surface area contributed by atoms with E-state index in [1.807, 2.05) is 6.92 Å². The lowest BCUT2D eigenvalue weighted by Gasteiger charge is -2.37. The maximum atomic E-state index is 5.78. The van der Waals surface area contributed by atoms with Gasteiger partial charge in [0.1, 0.15) is 6.61 Å². The number of hydrogen-bond donors (Lipinski definition) is 0. The van der Waals surface area contributed by atoms with Crippen LogP contribution in [0.4, 0.5) is 0 Å². The fourth-order valence-corrected chi connectivity index (χ4v) is 3.34. The third-order valence-electron chi connectivity index (χ3n) is 4.77. The van der Waals surface area contributed by atoms with Crippen molar-refractivity contribution in [2.45, 2.75) is 45.6 Å². The summed E-state index contributed by atoms with van der Waals surface area (Å²) in [6, 6.07) is 0. The monoisotopic (exact) mass is 278 g/mol. The van der Waals surface area contributed by atoms with E-state index in [4.69, 9.17) is 4.74 Å². The summed E-state index contributed by atoms with van der Waals surface area (Å²) < 4.78 is 5.78. The van der Waals surface area contributed by atoms with Gasteiger partial charge in [0.2, 0.25) is 0 Å². The molecular formula is C17H30N2O. The molecule has 2 aliphatic rings. The van der Waals surface area contributed by atoms with Crippen molar-refractivity contribution in [2.24, 2.45) is 5.92 Å². The van der Waals surface area contributed by atoms with Gasteiger partial charge in [-0.15, -0.1) is 5.92 Å². The molecule has 0 bridgehead atoms. The van der Waals surface area contributed by atoms with Gasteiger partial charge in [0.25, 0.3) is 0 Å². The van der Waals surface area contributed by atoms with Crippen LogP contribution < -0.4 is 0 Å². The molecule has 2 fully saturated rings. The average molecular weight is 278 g/mol. The van der Waals surface area contributed by atoms with Crippen molar-refractivity contribution in [1.29, 1.82) is 0 Å². The van der Waals surface area contributed by atoms with E-state index in [1.165, 1.54) is 65.0 Å². The molecule has 114 valence electrons. The van der Waals surface area contributed by atoms with Gasteiger partial charge in [-0.05, 0) is 58.2 Å².